The van der Waals surface area contributed by atoms with Crippen molar-refractivity contribution < 1.29 is 107 Å². The first-order valence-electron chi connectivity index (χ1n) is 26.1. The van der Waals surface area contributed by atoms with Crippen LogP contribution in [0.15, 0.2) is 65.9 Å². The van der Waals surface area contributed by atoms with Gasteiger partial charge in [-0.1, -0.05) is 12.2 Å². The Balaban J connectivity index is 0.893. The molecule has 42 nitrogen and oxygen atoms in total. The number of aromatic nitrogens is 12. The summed E-state index contributed by atoms with van der Waals surface area (Å²) < 4.78 is 145. The molecule has 20 atom stereocenters. The summed E-state index contributed by atoms with van der Waals surface area (Å²) in [4.78, 5) is 133. The number of phosphoric acid groups is 2. The van der Waals surface area contributed by atoms with Crippen LogP contribution >= 0.6 is 41.4 Å². The van der Waals surface area contributed by atoms with Gasteiger partial charge in [0, 0.05) is 53.0 Å². The third kappa shape index (κ3) is 14.6. The van der Waals surface area contributed by atoms with Crippen LogP contribution in [0.5, 0.6) is 0 Å². The number of nitrogens with one attached hydrogen (secondary N) is 4. The molecule has 0 aliphatic carbocycles. The Morgan fingerprint density at radius 3 is 1.52 bits per heavy atom. The molecule has 8 unspecified atom stereocenters. The Morgan fingerprint density at radius 1 is 0.582 bits per heavy atom. The lowest BCUT2D eigenvalue weighted by molar-refractivity contribution is -0.0659. The summed E-state index contributed by atoms with van der Waals surface area (Å²) in [6, 6.07) is 1.73. The minimum atomic E-state index is -5.69. The number of hydrogen-bond donors (Lipinski definition) is 11. The third-order valence-corrected chi connectivity index (χ3v) is 19.4. The third-order valence-electron chi connectivity index (χ3n) is 14.3. The standard InChI is InChI=1S/C42H55FN14O28P4S2/c1-71-28-24(60)15(79-36(28)56-13-46-22-31(56)50-39(44)52-33(22)61)9-77-88(69,90)85-27-18(82-38(30(27)73-3)57-14-47-23-32(57)51-40(45)53-34(23)62)12-78-89(70,91)84-26-17(81-37(29(26)72-2)55-8-6-20(59)49-42(55)64)11-76-87(67,68)83-25-16(10-75-86(65,66)74-4)80-35(21(25)43)54-7-5-19(58)48-41(54)63/h5-8,13-18,21,24-30,35-38,60H,9-12H2,1-4H3,(H,65,66)(H,67,68)(H,69,90)(H,70,91)(H,48,58,63)(H,49,59,64)(H3,44,50,52,61)(H3,45,51,53,62)/t15-,16-,17-,18-,21+,24?,25?,26?,27?,28+,29+,30+,35-,36-,37-,38-,88?,89?/m1/s1. The fourth-order valence-electron chi connectivity index (χ4n) is 10.2. The van der Waals surface area contributed by atoms with Crippen LogP contribution in [0.1, 0.15) is 24.9 Å². The monoisotopic (exact) mass is 1410 g/mol. The van der Waals surface area contributed by atoms with Gasteiger partial charge in [-0.15, -0.1) is 0 Å². The van der Waals surface area contributed by atoms with E-state index >= 15 is 4.39 Å². The first kappa shape index (κ1) is 68.4. The average Bonchev–Trinajstić information content (AvgIpc) is 1.65. The van der Waals surface area contributed by atoms with Gasteiger partial charge in [0.2, 0.25) is 11.9 Å². The number of H-pyrrole nitrogens is 4. The number of nitrogen functional groups attached to an aromatic ring is 2. The van der Waals surface area contributed by atoms with Gasteiger partial charge in [0.15, 0.2) is 53.4 Å². The van der Waals surface area contributed by atoms with Crippen LogP contribution in [0, 0.1) is 0 Å². The molecule has 91 heavy (non-hydrogen) atoms. The molecule has 500 valence electrons. The molecule has 10 rings (SSSR count). The van der Waals surface area contributed by atoms with Crippen LogP contribution in [0.25, 0.3) is 22.3 Å². The number of rotatable bonds is 26. The van der Waals surface area contributed by atoms with Gasteiger partial charge in [-0.2, -0.15) is 9.97 Å². The molecule has 4 saturated heterocycles. The summed E-state index contributed by atoms with van der Waals surface area (Å²) in [6.45, 7) is -13.5. The van der Waals surface area contributed by atoms with Crippen molar-refractivity contribution in [2.24, 2.45) is 0 Å². The highest BCUT2D eigenvalue weighted by Crippen LogP contribution is 2.58. The molecule has 10 heterocycles. The zero-order valence-corrected chi connectivity index (χ0v) is 52.2. The molecule has 0 bridgehead atoms. The second-order valence-corrected chi connectivity index (χ2v) is 28.5. The number of nitrogens with zero attached hydrogens (tertiary/aromatic N) is 8. The maximum atomic E-state index is 16.4. The van der Waals surface area contributed by atoms with Crippen LogP contribution in [-0.2, 0) is 94.9 Å². The van der Waals surface area contributed by atoms with E-state index in [9.17, 15) is 62.2 Å². The maximum absolute atomic E-state index is 16.4. The topological polar surface area (TPSA) is 559 Å². The van der Waals surface area contributed by atoms with E-state index in [1.165, 1.54) is 29.7 Å². The van der Waals surface area contributed by atoms with E-state index in [1.807, 2.05) is 9.97 Å². The molecule has 0 radical (unpaired) electrons. The lowest BCUT2D eigenvalue weighted by atomic mass is 10.1. The minimum absolute atomic E-state index is 0.0374. The van der Waals surface area contributed by atoms with Crippen molar-refractivity contribution in [1.29, 1.82) is 0 Å². The highest BCUT2D eigenvalue weighted by molar-refractivity contribution is 8.44. The van der Waals surface area contributed by atoms with Crippen molar-refractivity contribution in [3.05, 3.63) is 99.6 Å². The largest absolute Gasteiger partial charge is 0.472 e. The molecule has 12 N–H and O–H groups in total. The van der Waals surface area contributed by atoms with Crippen molar-refractivity contribution >= 4 is 87.4 Å². The van der Waals surface area contributed by atoms with Gasteiger partial charge in [-0.05, 0) is 11.8 Å². The van der Waals surface area contributed by atoms with E-state index in [4.69, 9.17) is 88.1 Å². The van der Waals surface area contributed by atoms with E-state index in [2.05, 4.69) is 46.7 Å². The van der Waals surface area contributed by atoms with Crippen LogP contribution in [0.2, 0.25) is 0 Å². The molecule has 0 spiro atoms. The van der Waals surface area contributed by atoms with E-state index < -0.39 is 187 Å². The number of anilines is 2. The van der Waals surface area contributed by atoms with Crippen molar-refractivity contribution in [3.63, 3.8) is 0 Å². The predicted molar refractivity (Wildman–Crippen MR) is 305 cm³/mol. The molecule has 6 aromatic heterocycles. The smallest absolute Gasteiger partial charge is 0.387 e. The number of phosphoric ester groups is 2. The second-order valence-electron chi connectivity index (χ2n) is 19.8. The fourth-order valence-corrected chi connectivity index (χ4v) is 14.5. The number of fused-ring (bicyclic) bond motifs is 2. The number of hydrogen-bond acceptors (Lipinski definition) is 32. The lowest BCUT2D eigenvalue weighted by Gasteiger charge is -2.29. The number of aromatic amines is 4. The van der Waals surface area contributed by atoms with Crippen LogP contribution in [0.4, 0.5) is 16.3 Å². The van der Waals surface area contributed by atoms with E-state index in [0.717, 1.165) is 49.6 Å². The van der Waals surface area contributed by atoms with Crippen LogP contribution in [-0.4, -0.2) is 206 Å². The van der Waals surface area contributed by atoms with Gasteiger partial charge < -0.3 is 68.9 Å². The number of aliphatic hydroxyl groups is 1. The van der Waals surface area contributed by atoms with E-state index in [0.29, 0.717) is 4.57 Å². The van der Waals surface area contributed by atoms with Crippen LogP contribution < -0.4 is 45.1 Å². The zero-order chi connectivity index (χ0) is 65.8. The number of alkyl halides is 1. The first-order valence-corrected chi connectivity index (χ1v) is 34.3. The number of thiol groups is 1. The summed E-state index contributed by atoms with van der Waals surface area (Å²) in [5.74, 6) is -0.608. The van der Waals surface area contributed by atoms with Gasteiger partial charge in [0.1, 0.15) is 67.1 Å². The highest BCUT2D eigenvalue weighted by atomic mass is 32.7. The Kier molecular flexibility index (Phi) is 20.4. The van der Waals surface area contributed by atoms with E-state index in [-0.39, 0.29) is 34.2 Å². The van der Waals surface area contributed by atoms with Gasteiger partial charge >= 0.3 is 40.5 Å². The summed E-state index contributed by atoms with van der Waals surface area (Å²) in [6.07, 6.45) is -23.1. The SMILES string of the molecule is CO[C@H]1C(OP(O)(=S)OC[C@H]2O[C@@H](n3cnc4c(=O)[nH]c(N)nc43)[C@@H](OC)C2OP(=O)(S)OC[C@H]2O[C@@H](n3cnc4c(=O)[nH]c(N)nc43)[C@@H](OC)C2O)[C@@H](COP(=O)(O)OC2[C@@H](COP(=O)(O)OC)O[C@@H](n3ccc(=O)[nH]c3=O)[C@H]2F)O[C@H]1n1ccc(=O)[nH]c1=O. The molecular weight excluding hydrogens is 1360 g/mol. The summed E-state index contributed by atoms with van der Waals surface area (Å²) >= 11 is 9.69. The molecule has 49 heteroatoms. The lowest BCUT2D eigenvalue weighted by Crippen LogP contribution is -2.40. The Labute approximate surface area is 515 Å². The molecule has 0 amide bonds. The maximum Gasteiger partial charge on any atom is 0.472 e. The number of imidazole rings is 2. The molecule has 4 fully saturated rings. The molecule has 4 aliphatic heterocycles. The van der Waals surface area contributed by atoms with E-state index in [1.54, 1.807) is 0 Å². The predicted octanol–water partition coefficient (Wildman–Crippen LogP) is -2.82. The Bertz CT molecular complexity index is 4250. The molecule has 0 saturated carbocycles. The van der Waals surface area contributed by atoms with Gasteiger partial charge in [0.05, 0.1) is 39.1 Å². The average molecular weight is 1410 g/mol. The number of aliphatic hydroxyl groups excluding tert-OH is 1. The molecule has 6 aromatic rings. The number of nitrogens with two attached hydrogens (primary N) is 2. The summed E-state index contributed by atoms with van der Waals surface area (Å²) in [7, 11) is -6.26. The van der Waals surface area contributed by atoms with Gasteiger partial charge in [0.25, 0.3) is 22.2 Å². The normalized spacial score (nSPS) is 31.2. The molecular formula is C42H55FN14O28P4S2. The number of ether oxygens (including phenoxy) is 7. The number of halogens is 1. The molecule has 4 aliphatic rings. The van der Waals surface area contributed by atoms with Crippen molar-refractivity contribution in [2.45, 2.75) is 98.2 Å². The minimum Gasteiger partial charge on any atom is -0.387 e. The Morgan fingerprint density at radius 2 is 1.01 bits per heavy atom. The van der Waals surface area contributed by atoms with Gasteiger partial charge in [-0.3, -0.25) is 89.0 Å². The zero-order valence-electron chi connectivity index (χ0n) is 46.9. The quantitative estimate of drug-likeness (QED) is 0.0193. The van der Waals surface area contributed by atoms with Gasteiger partial charge in [-0.25, -0.2) is 37.6 Å². The van der Waals surface area contributed by atoms with Crippen LogP contribution in [0.3, 0.4) is 0 Å². The van der Waals surface area contributed by atoms with Crippen molar-refractivity contribution in [3.8, 4) is 0 Å². The highest BCUT2D eigenvalue weighted by Gasteiger charge is 2.56. The summed E-state index contributed by atoms with van der Waals surface area (Å²) in [5.41, 5.74) is 5.62. The van der Waals surface area contributed by atoms with Crippen molar-refractivity contribution in [2.75, 3.05) is 66.3 Å². The fraction of sp³-hybridized carbons (Fsp3) is 0.571. The first-order chi connectivity index (χ1) is 42.9. The molecule has 0 aromatic carbocycles. The summed E-state index contributed by atoms with van der Waals surface area (Å²) in [5, 5.41) is 11.4. The van der Waals surface area contributed by atoms with Crippen molar-refractivity contribution in [1.82, 2.24) is 58.1 Å². The Hall–Kier alpha value is -5.48. The number of methoxy groups -OCH3 is 3. The second kappa shape index (κ2) is 27.1.